The van der Waals surface area contributed by atoms with Crippen LogP contribution >= 0.6 is 0 Å². The van der Waals surface area contributed by atoms with Crippen molar-refractivity contribution in [3.63, 3.8) is 0 Å². The monoisotopic (exact) mass is 254 g/mol. The molecule has 0 aromatic carbocycles. The molecule has 0 spiro atoms. The molecule has 18 heavy (non-hydrogen) atoms. The van der Waals surface area contributed by atoms with Crippen LogP contribution in [0.5, 0.6) is 0 Å². The topological polar surface area (TPSA) is 41.1 Å². The Hall–Kier alpha value is -0.570. The molecule has 1 aliphatic rings. The van der Waals surface area contributed by atoms with Crippen LogP contribution in [-0.4, -0.2) is 25.0 Å². The van der Waals surface area contributed by atoms with Crippen LogP contribution in [0.25, 0.3) is 0 Å². The molecule has 1 aliphatic heterocycles. The Morgan fingerprint density at radius 2 is 2.00 bits per heavy atom. The summed E-state index contributed by atoms with van der Waals surface area (Å²) in [4.78, 5) is 12.0. The fourth-order valence-corrected chi connectivity index (χ4v) is 2.79. The van der Waals surface area contributed by atoms with Crippen LogP contribution in [0.3, 0.4) is 0 Å². The smallest absolute Gasteiger partial charge is 0.223 e. The second kappa shape index (κ2) is 9.37. The molecule has 1 fully saturated rings. The Morgan fingerprint density at radius 3 is 2.56 bits per heavy atom. The van der Waals surface area contributed by atoms with Gasteiger partial charge in [0, 0.05) is 18.5 Å². The van der Waals surface area contributed by atoms with E-state index in [-0.39, 0.29) is 11.8 Å². The first kappa shape index (κ1) is 15.5. The van der Waals surface area contributed by atoms with Crippen molar-refractivity contribution in [3.05, 3.63) is 0 Å². The lowest BCUT2D eigenvalue weighted by molar-refractivity contribution is -0.125. The molecular weight excluding hydrogens is 224 g/mol. The minimum absolute atomic E-state index is 0.235. The zero-order chi connectivity index (χ0) is 13.2. The normalized spacial score (nSPS) is 20.1. The highest BCUT2D eigenvalue weighted by Crippen LogP contribution is 2.14. The fourth-order valence-electron chi connectivity index (χ4n) is 2.79. The summed E-state index contributed by atoms with van der Waals surface area (Å²) < 4.78 is 0. The molecule has 3 heteroatoms. The summed E-state index contributed by atoms with van der Waals surface area (Å²) in [6.45, 7) is 6.29. The maximum Gasteiger partial charge on any atom is 0.223 e. The third kappa shape index (κ3) is 5.85. The zero-order valence-electron chi connectivity index (χ0n) is 12.1. The maximum atomic E-state index is 12.0. The highest BCUT2D eigenvalue weighted by Gasteiger charge is 2.17. The summed E-state index contributed by atoms with van der Waals surface area (Å²) in [6, 6.07) is 0.620. The number of carbonyl (C=O) groups is 1. The van der Waals surface area contributed by atoms with Crippen LogP contribution in [0.1, 0.15) is 65.2 Å². The van der Waals surface area contributed by atoms with E-state index < -0.39 is 0 Å². The Bertz CT molecular complexity index is 219. The highest BCUT2D eigenvalue weighted by atomic mass is 16.1. The average molecular weight is 254 g/mol. The number of hydrogen-bond donors (Lipinski definition) is 2. The van der Waals surface area contributed by atoms with Gasteiger partial charge >= 0.3 is 0 Å². The largest absolute Gasteiger partial charge is 0.356 e. The summed E-state index contributed by atoms with van der Waals surface area (Å²) in [6.07, 6.45) is 9.24. The predicted octanol–water partition coefficient (Wildman–Crippen LogP) is 2.85. The molecule has 106 valence electrons. The van der Waals surface area contributed by atoms with Gasteiger partial charge < -0.3 is 10.6 Å². The van der Waals surface area contributed by atoms with Crippen LogP contribution in [-0.2, 0) is 4.79 Å². The standard InChI is InChI=1S/C15H30N2O/c1-3-7-13(8-4-2)15(18)17-12-10-14-9-5-6-11-16-14/h13-14,16H,3-12H2,1-2H3,(H,17,18). The van der Waals surface area contributed by atoms with Gasteiger partial charge in [-0.15, -0.1) is 0 Å². The van der Waals surface area contributed by atoms with Crippen molar-refractivity contribution >= 4 is 5.91 Å². The van der Waals surface area contributed by atoms with Gasteiger partial charge in [0.2, 0.25) is 5.91 Å². The van der Waals surface area contributed by atoms with Crippen molar-refractivity contribution in [1.29, 1.82) is 0 Å². The van der Waals surface area contributed by atoms with E-state index in [1.807, 2.05) is 0 Å². The van der Waals surface area contributed by atoms with Crippen molar-refractivity contribution < 1.29 is 4.79 Å². The molecule has 1 rings (SSSR count). The summed E-state index contributed by atoms with van der Waals surface area (Å²) >= 11 is 0. The number of amides is 1. The molecular formula is C15H30N2O. The van der Waals surface area contributed by atoms with Gasteiger partial charge in [0.25, 0.3) is 0 Å². The molecule has 0 aliphatic carbocycles. The van der Waals surface area contributed by atoms with E-state index in [0.717, 1.165) is 45.2 Å². The van der Waals surface area contributed by atoms with Crippen LogP contribution in [0, 0.1) is 5.92 Å². The van der Waals surface area contributed by atoms with E-state index in [4.69, 9.17) is 0 Å². The Kier molecular flexibility index (Phi) is 8.06. The molecule has 1 saturated heterocycles. The van der Waals surface area contributed by atoms with Gasteiger partial charge in [-0.3, -0.25) is 4.79 Å². The van der Waals surface area contributed by atoms with Gasteiger partial charge in [-0.05, 0) is 38.6 Å². The third-order valence-electron chi connectivity index (χ3n) is 3.85. The van der Waals surface area contributed by atoms with Crippen LogP contribution in [0.2, 0.25) is 0 Å². The van der Waals surface area contributed by atoms with Crippen LogP contribution in [0.15, 0.2) is 0 Å². The molecule has 0 aromatic heterocycles. The van der Waals surface area contributed by atoms with E-state index in [1.54, 1.807) is 0 Å². The van der Waals surface area contributed by atoms with E-state index in [2.05, 4.69) is 24.5 Å². The second-order valence-electron chi connectivity index (χ2n) is 5.50. The Labute approximate surface area is 112 Å². The number of nitrogens with one attached hydrogen (secondary N) is 2. The van der Waals surface area contributed by atoms with Crippen molar-refractivity contribution in [3.8, 4) is 0 Å². The molecule has 0 aromatic rings. The van der Waals surface area contributed by atoms with Gasteiger partial charge in [0.15, 0.2) is 0 Å². The summed E-state index contributed by atoms with van der Waals surface area (Å²) in [5.41, 5.74) is 0. The number of hydrogen-bond acceptors (Lipinski definition) is 2. The molecule has 1 heterocycles. The molecule has 0 saturated carbocycles. The molecule has 1 unspecified atom stereocenters. The first-order valence-corrected chi connectivity index (χ1v) is 7.79. The summed E-state index contributed by atoms with van der Waals surface area (Å²) in [5.74, 6) is 0.508. The molecule has 0 radical (unpaired) electrons. The van der Waals surface area contributed by atoms with E-state index in [0.29, 0.717) is 6.04 Å². The lowest BCUT2D eigenvalue weighted by atomic mass is 9.97. The van der Waals surface area contributed by atoms with Crippen molar-refractivity contribution in [1.82, 2.24) is 10.6 Å². The Balaban J connectivity index is 2.17. The lowest BCUT2D eigenvalue weighted by Crippen LogP contribution is -2.38. The van der Waals surface area contributed by atoms with Crippen LogP contribution < -0.4 is 10.6 Å². The first-order chi connectivity index (χ1) is 8.77. The van der Waals surface area contributed by atoms with Gasteiger partial charge in [0.05, 0.1) is 0 Å². The van der Waals surface area contributed by atoms with Crippen LogP contribution in [0.4, 0.5) is 0 Å². The van der Waals surface area contributed by atoms with E-state index in [1.165, 1.54) is 19.3 Å². The third-order valence-corrected chi connectivity index (χ3v) is 3.85. The van der Waals surface area contributed by atoms with Gasteiger partial charge in [-0.25, -0.2) is 0 Å². The molecule has 3 nitrogen and oxygen atoms in total. The summed E-state index contributed by atoms with van der Waals surface area (Å²) in [7, 11) is 0. The maximum absolute atomic E-state index is 12.0. The minimum Gasteiger partial charge on any atom is -0.356 e. The highest BCUT2D eigenvalue weighted by molar-refractivity contribution is 5.78. The molecule has 2 N–H and O–H groups in total. The average Bonchev–Trinajstić information content (AvgIpc) is 2.39. The fraction of sp³-hybridized carbons (Fsp3) is 0.933. The van der Waals surface area contributed by atoms with E-state index >= 15 is 0 Å². The number of carbonyl (C=O) groups excluding carboxylic acids is 1. The molecule has 1 amide bonds. The van der Waals surface area contributed by atoms with E-state index in [9.17, 15) is 4.79 Å². The second-order valence-corrected chi connectivity index (χ2v) is 5.50. The van der Waals surface area contributed by atoms with Gasteiger partial charge in [-0.1, -0.05) is 33.1 Å². The predicted molar refractivity (Wildman–Crippen MR) is 76.6 cm³/mol. The van der Waals surface area contributed by atoms with Gasteiger partial charge in [-0.2, -0.15) is 0 Å². The number of piperidine rings is 1. The number of rotatable bonds is 8. The zero-order valence-corrected chi connectivity index (χ0v) is 12.1. The first-order valence-electron chi connectivity index (χ1n) is 7.79. The SMILES string of the molecule is CCCC(CCC)C(=O)NCCC1CCCCN1. The minimum atomic E-state index is 0.235. The molecule has 1 atom stereocenters. The lowest BCUT2D eigenvalue weighted by Gasteiger charge is -2.24. The molecule has 0 bridgehead atoms. The van der Waals surface area contributed by atoms with Gasteiger partial charge in [0.1, 0.15) is 0 Å². The van der Waals surface area contributed by atoms with Crippen molar-refractivity contribution in [2.45, 2.75) is 71.3 Å². The quantitative estimate of drug-likeness (QED) is 0.699. The van der Waals surface area contributed by atoms with Crippen molar-refractivity contribution in [2.24, 2.45) is 5.92 Å². The Morgan fingerprint density at radius 1 is 1.28 bits per heavy atom. The van der Waals surface area contributed by atoms with Crippen molar-refractivity contribution in [2.75, 3.05) is 13.1 Å². The summed E-state index contributed by atoms with van der Waals surface area (Å²) in [5, 5.41) is 6.64.